The minimum Gasteiger partial charge on any atom is -0.486 e. The minimum absolute atomic E-state index is 0.00141. The minimum atomic E-state index is -0.382. The zero-order valence-electron chi connectivity index (χ0n) is 16.6. The highest BCUT2D eigenvalue weighted by Gasteiger charge is 2.30. The van der Waals surface area contributed by atoms with Crippen LogP contribution in [-0.4, -0.2) is 43.1 Å². The highest BCUT2D eigenvalue weighted by molar-refractivity contribution is 7.18. The molecule has 2 aromatic heterocycles. The van der Waals surface area contributed by atoms with E-state index in [4.69, 9.17) is 18.6 Å². The Labute approximate surface area is 182 Å². The lowest BCUT2D eigenvalue weighted by Crippen LogP contribution is -2.23. The maximum Gasteiger partial charge on any atom is 0.261 e. The van der Waals surface area contributed by atoms with Gasteiger partial charge in [-0.3, -0.25) is 14.9 Å². The molecule has 2 aliphatic heterocycles. The van der Waals surface area contributed by atoms with Crippen molar-refractivity contribution in [2.24, 2.45) is 5.92 Å². The van der Waals surface area contributed by atoms with Crippen molar-refractivity contribution >= 4 is 28.2 Å². The Morgan fingerprint density at radius 3 is 2.68 bits per heavy atom. The van der Waals surface area contributed by atoms with Gasteiger partial charge in [-0.15, -0.1) is 0 Å². The Morgan fingerprint density at radius 2 is 1.87 bits per heavy atom. The Bertz CT molecular complexity index is 1100. The van der Waals surface area contributed by atoms with Crippen molar-refractivity contribution in [2.75, 3.05) is 31.7 Å². The third-order valence-corrected chi connectivity index (χ3v) is 6.21. The average molecular weight is 440 g/mol. The largest absolute Gasteiger partial charge is 0.486 e. The summed E-state index contributed by atoms with van der Waals surface area (Å²) in [5.41, 5.74) is 0.792. The molecule has 1 aromatic carbocycles. The molecular weight excluding hydrogens is 420 g/mol. The maximum absolute atomic E-state index is 13.2. The SMILES string of the molecule is O=C(Nc1nc(-c2ccco2)c(C(=O)C2CCOCC2)s1)c1cccc2c1OCCO2. The van der Waals surface area contributed by atoms with Gasteiger partial charge in [-0.1, -0.05) is 17.4 Å². The third-order valence-electron chi connectivity index (χ3n) is 5.23. The van der Waals surface area contributed by atoms with Gasteiger partial charge in [0.15, 0.2) is 28.2 Å². The van der Waals surface area contributed by atoms with Crippen LogP contribution in [-0.2, 0) is 4.74 Å². The van der Waals surface area contributed by atoms with E-state index in [2.05, 4.69) is 10.3 Å². The number of amides is 1. The van der Waals surface area contributed by atoms with E-state index in [1.54, 1.807) is 30.3 Å². The van der Waals surface area contributed by atoms with E-state index in [1.165, 1.54) is 6.26 Å². The van der Waals surface area contributed by atoms with Crippen molar-refractivity contribution < 1.29 is 28.2 Å². The highest BCUT2D eigenvalue weighted by Crippen LogP contribution is 2.37. The molecule has 1 amide bonds. The molecular formula is C22H20N2O6S. The molecule has 160 valence electrons. The number of carbonyl (C=O) groups excluding carboxylic acids is 2. The summed E-state index contributed by atoms with van der Waals surface area (Å²) in [5, 5.41) is 3.12. The zero-order chi connectivity index (χ0) is 21.2. The van der Waals surface area contributed by atoms with Gasteiger partial charge in [0.05, 0.1) is 11.8 Å². The van der Waals surface area contributed by atoms with Crippen molar-refractivity contribution in [3.63, 3.8) is 0 Å². The number of carbonyl (C=O) groups is 2. The monoisotopic (exact) mass is 440 g/mol. The molecule has 0 radical (unpaired) electrons. The number of thiazole rings is 1. The van der Waals surface area contributed by atoms with Crippen LogP contribution in [0.4, 0.5) is 5.13 Å². The fourth-order valence-electron chi connectivity index (χ4n) is 3.68. The summed E-state index contributed by atoms with van der Waals surface area (Å²) in [6.45, 7) is 1.95. The molecule has 1 N–H and O–H groups in total. The van der Waals surface area contributed by atoms with Crippen molar-refractivity contribution in [3.8, 4) is 23.0 Å². The molecule has 0 aliphatic carbocycles. The second-order valence-corrected chi connectivity index (χ2v) is 8.21. The molecule has 4 heterocycles. The van der Waals surface area contributed by atoms with Crippen LogP contribution in [0.3, 0.4) is 0 Å². The third kappa shape index (κ3) is 3.94. The van der Waals surface area contributed by atoms with Crippen molar-refractivity contribution in [2.45, 2.75) is 12.8 Å². The Kier molecular flexibility index (Phi) is 5.44. The van der Waals surface area contributed by atoms with E-state index in [-0.39, 0.29) is 17.6 Å². The Hall–Kier alpha value is -3.17. The summed E-state index contributed by atoms with van der Waals surface area (Å²) in [4.78, 5) is 31.2. The Morgan fingerprint density at radius 1 is 1.03 bits per heavy atom. The number of benzene rings is 1. The molecule has 3 aromatic rings. The fraction of sp³-hybridized carbons (Fsp3) is 0.318. The molecule has 2 aliphatic rings. The number of furan rings is 1. The maximum atomic E-state index is 13.2. The van der Waals surface area contributed by atoms with Gasteiger partial charge in [0, 0.05) is 19.1 Å². The molecule has 0 atom stereocenters. The van der Waals surface area contributed by atoms with Gasteiger partial charge < -0.3 is 18.6 Å². The number of aromatic nitrogens is 1. The zero-order valence-corrected chi connectivity index (χ0v) is 17.4. The van der Waals surface area contributed by atoms with Gasteiger partial charge in [0.2, 0.25) is 0 Å². The van der Waals surface area contributed by atoms with Crippen LogP contribution < -0.4 is 14.8 Å². The number of ether oxygens (including phenoxy) is 3. The number of para-hydroxylation sites is 1. The number of hydrogen-bond acceptors (Lipinski definition) is 8. The van der Waals surface area contributed by atoms with Gasteiger partial charge >= 0.3 is 0 Å². The number of rotatable bonds is 5. The van der Waals surface area contributed by atoms with Crippen LogP contribution in [0.15, 0.2) is 41.0 Å². The number of ketones is 1. The van der Waals surface area contributed by atoms with E-state index in [0.29, 0.717) is 77.8 Å². The first-order valence-electron chi connectivity index (χ1n) is 10.1. The smallest absolute Gasteiger partial charge is 0.261 e. The standard InChI is InChI=1S/C22H20N2O6S/c25-18(13-6-9-27-10-7-13)20-17(15-5-2-8-28-15)23-22(31-20)24-21(26)14-3-1-4-16-19(14)30-12-11-29-16/h1-5,8,13H,6-7,9-12H2,(H,23,24,26). The topological polar surface area (TPSA) is 99.9 Å². The van der Waals surface area contributed by atoms with Crippen LogP contribution in [0, 0.1) is 5.92 Å². The Balaban J connectivity index is 1.45. The molecule has 0 bridgehead atoms. The van der Waals surface area contributed by atoms with Gasteiger partial charge in [-0.2, -0.15) is 0 Å². The summed E-state index contributed by atoms with van der Waals surface area (Å²) in [6.07, 6.45) is 2.87. The van der Waals surface area contributed by atoms with E-state index in [0.717, 1.165) is 11.3 Å². The van der Waals surface area contributed by atoms with Crippen LogP contribution in [0.25, 0.3) is 11.5 Å². The second kappa shape index (κ2) is 8.52. The summed E-state index contributed by atoms with van der Waals surface area (Å²) in [5.74, 6) is 0.921. The number of nitrogens with one attached hydrogen (secondary N) is 1. The lowest BCUT2D eigenvalue weighted by Gasteiger charge is -2.20. The number of Topliss-reactive ketones (excluding diaryl/α,β-unsaturated/α-hetero) is 1. The van der Waals surface area contributed by atoms with Crippen LogP contribution in [0.2, 0.25) is 0 Å². The average Bonchev–Trinajstić information content (AvgIpc) is 3.49. The summed E-state index contributed by atoms with van der Waals surface area (Å²) >= 11 is 1.15. The normalized spacial score (nSPS) is 16.1. The van der Waals surface area contributed by atoms with E-state index >= 15 is 0 Å². The van der Waals surface area contributed by atoms with Crippen molar-refractivity contribution in [1.29, 1.82) is 0 Å². The van der Waals surface area contributed by atoms with Gasteiger partial charge in [-0.25, -0.2) is 4.98 Å². The molecule has 1 fully saturated rings. The molecule has 5 rings (SSSR count). The van der Waals surface area contributed by atoms with Crippen LogP contribution in [0.5, 0.6) is 11.5 Å². The predicted octanol–water partition coefficient (Wildman–Crippen LogP) is 4.04. The number of fused-ring (bicyclic) bond motifs is 1. The van der Waals surface area contributed by atoms with Crippen molar-refractivity contribution in [1.82, 2.24) is 4.98 Å². The number of hydrogen-bond donors (Lipinski definition) is 1. The summed E-state index contributed by atoms with van der Waals surface area (Å²) in [7, 11) is 0. The summed E-state index contributed by atoms with van der Waals surface area (Å²) in [6, 6.07) is 8.65. The predicted molar refractivity (Wildman–Crippen MR) is 113 cm³/mol. The second-order valence-electron chi connectivity index (χ2n) is 7.21. The van der Waals surface area contributed by atoms with Crippen LogP contribution in [0.1, 0.15) is 32.9 Å². The quantitative estimate of drug-likeness (QED) is 0.598. The lowest BCUT2D eigenvalue weighted by atomic mass is 9.94. The van der Waals surface area contributed by atoms with E-state index in [1.807, 2.05) is 0 Å². The first-order valence-corrected chi connectivity index (χ1v) is 10.9. The molecule has 1 saturated heterocycles. The molecule has 31 heavy (non-hydrogen) atoms. The first kappa shape index (κ1) is 19.8. The van der Waals surface area contributed by atoms with Crippen molar-refractivity contribution in [3.05, 3.63) is 47.0 Å². The molecule has 0 spiro atoms. The lowest BCUT2D eigenvalue weighted by molar-refractivity contribution is 0.0547. The van der Waals surface area contributed by atoms with E-state index in [9.17, 15) is 9.59 Å². The molecule has 9 heteroatoms. The highest BCUT2D eigenvalue weighted by atomic mass is 32.1. The molecule has 0 unspecified atom stereocenters. The van der Waals surface area contributed by atoms with E-state index < -0.39 is 0 Å². The summed E-state index contributed by atoms with van der Waals surface area (Å²) < 4.78 is 22.1. The fourth-order valence-corrected chi connectivity index (χ4v) is 4.67. The molecule has 8 nitrogen and oxygen atoms in total. The number of anilines is 1. The van der Waals surface area contributed by atoms with Gasteiger partial charge in [0.1, 0.15) is 23.8 Å². The first-order chi connectivity index (χ1) is 15.2. The van der Waals surface area contributed by atoms with Crippen LogP contribution >= 0.6 is 11.3 Å². The number of nitrogens with zero attached hydrogens (tertiary/aromatic N) is 1. The van der Waals surface area contributed by atoms with Gasteiger partial charge in [0.25, 0.3) is 5.91 Å². The van der Waals surface area contributed by atoms with Gasteiger partial charge in [-0.05, 0) is 37.1 Å². The molecule has 0 saturated carbocycles.